The first-order valence-corrected chi connectivity index (χ1v) is 8.30. The first-order valence-electron chi connectivity index (χ1n) is 7.50. The molecule has 0 spiro atoms. The molecule has 2 heteroatoms. The lowest BCUT2D eigenvalue weighted by molar-refractivity contribution is 0.264. The van der Waals surface area contributed by atoms with Gasteiger partial charge in [-0.1, -0.05) is 32.8 Å². The first kappa shape index (κ1) is 14.9. The standard InChI is InChI=1S/C17H26BrN/c1-11(2)14-6-5-7-15(10-14)19-17-13(4)8-12(3)9-16(17)18/h8-9,11,14-15,19H,5-7,10H2,1-4H3. The van der Waals surface area contributed by atoms with Gasteiger partial charge < -0.3 is 5.32 Å². The third-order valence-corrected chi connectivity index (χ3v) is 5.06. The second kappa shape index (κ2) is 6.30. The van der Waals surface area contributed by atoms with Crippen LogP contribution in [0, 0.1) is 25.7 Å². The number of rotatable bonds is 3. The predicted octanol–water partition coefficient (Wildman–Crippen LogP) is 5.69. The summed E-state index contributed by atoms with van der Waals surface area (Å²) in [5.74, 6) is 1.70. The minimum absolute atomic E-state index is 0.638. The van der Waals surface area contributed by atoms with Gasteiger partial charge in [0.1, 0.15) is 0 Å². The van der Waals surface area contributed by atoms with Crippen molar-refractivity contribution < 1.29 is 0 Å². The van der Waals surface area contributed by atoms with E-state index in [4.69, 9.17) is 0 Å². The molecule has 1 nitrogen and oxygen atoms in total. The van der Waals surface area contributed by atoms with Crippen molar-refractivity contribution in [2.75, 3.05) is 5.32 Å². The molecule has 1 fully saturated rings. The van der Waals surface area contributed by atoms with Crippen LogP contribution in [0.1, 0.15) is 50.7 Å². The fraction of sp³-hybridized carbons (Fsp3) is 0.647. The van der Waals surface area contributed by atoms with Gasteiger partial charge in [-0.3, -0.25) is 0 Å². The van der Waals surface area contributed by atoms with E-state index in [0.29, 0.717) is 6.04 Å². The molecule has 1 aromatic carbocycles. The maximum atomic E-state index is 3.78. The largest absolute Gasteiger partial charge is 0.381 e. The fourth-order valence-corrected chi connectivity index (χ4v) is 4.06. The second-order valence-corrected chi connectivity index (χ2v) is 7.30. The van der Waals surface area contributed by atoms with Gasteiger partial charge >= 0.3 is 0 Å². The zero-order chi connectivity index (χ0) is 14.0. The van der Waals surface area contributed by atoms with Crippen molar-refractivity contribution in [3.8, 4) is 0 Å². The first-order chi connectivity index (χ1) is 8.97. The zero-order valence-electron chi connectivity index (χ0n) is 12.6. The molecule has 1 N–H and O–H groups in total. The minimum Gasteiger partial charge on any atom is -0.381 e. The van der Waals surface area contributed by atoms with Crippen LogP contribution >= 0.6 is 15.9 Å². The lowest BCUT2D eigenvalue weighted by Gasteiger charge is -2.33. The maximum Gasteiger partial charge on any atom is 0.0516 e. The van der Waals surface area contributed by atoms with Gasteiger partial charge in [0.25, 0.3) is 0 Å². The molecular formula is C17H26BrN. The quantitative estimate of drug-likeness (QED) is 0.753. The van der Waals surface area contributed by atoms with Crippen LogP contribution in [0.25, 0.3) is 0 Å². The smallest absolute Gasteiger partial charge is 0.0516 e. The van der Waals surface area contributed by atoms with Crippen LogP contribution in [0.15, 0.2) is 16.6 Å². The third-order valence-electron chi connectivity index (χ3n) is 4.44. The van der Waals surface area contributed by atoms with E-state index in [0.717, 1.165) is 11.8 Å². The van der Waals surface area contributed by atoms with Crippen molar-refractivity contribution in [3.63, 3.8) is 0 Å². The Morgan fingerprint density at radius 3 is 2.58 bits per heavy atom. The van der Waals surface area contributed by atoms with Crippen LogP contribution in [0.4, 0.5) is 5.69 Å². The predicted molar refractivity (Wildman–Crippen MR) is 87.8 cm³/mol. The fourth-order valence-electron chi connectivity index (χ4n) is 3.27. The topological polar surface area (TPSA) is 12.0 Å². The molecule has 1 saturated carbocycles. The number of halogens is 1. The highest BCUT2D eigenvalue weighted by Crippen LogP contribution is 2.34. The van der Waals surface area contributed by atoms with Crippen LogP contribution in [0.5, 0.6) is 0 Å². The van der Waals surface area contributed by atoms with Gasteiger partial charge in [-0.2, -0.15) is 0 Å². The van der Waals surface area contributed by atoms with Gasteiger partial charge in [-0.05, 0) is 71.6 Å². The molecule has 0 bridgehead atoms. The molecule has 19 heavy (non-hydrogen) atoms. The number of hydrogen-bond donors (Lipinski definition) is 1. The minimum atomic E-state index is 0.638. The summed E-state index contributed by atoms with van der Waals surface area (Å²) in [6.45, 7) is 9.07. The molecule has 0 aliphatic heterocycles. The Labute approximate surface area is 126 Å². The van der Waals surface area contributed by atoms with Crippen LogP contribution in [-0.4, -0.2) is 6.04 Å². The number of nitrogens with one attached hydrogen (secondary N) is 1. The summed E-state index contributed by atoms with van der Waals surface area (Å²) in [6.07, 6.45) is 5.40. The lowest BCUT2D eigenvalue weighted by atomic mass is 9.79. The lowest BCUT2D eigenvalue weighted by Crippen LogP contribution is -2.29. The molecule has 2 unspecified atom stereocenters. The summed E-state index contributed by atoms with van der Waals surface area (Å²) in [5.41, 5.74) is 3.96. The van der Waals surface area contributed by atoms with Crippen LogP contribution in [-0.2, 0) is 0 Å². The SMILES string of the molecule is Cc1cc(C)c(NC2CCCC(C(C)C)C2)c(Br)c1. The van der Waals surface area contributed by atoms with E-state index in [2.05, 4.69) is 61.1 Å². The molecule has 1 aliphatic rings. The van der Waals surface area contributed by atoms with E-state index in [1.54, 1.807) is 0 Å². The molecule has 0 saturated heterocycles. The second-order valence-electron chi connectivity index (χ2n) is 6.45. The normalized spacial score (nSPS) is 23.7. The van der Waals surface area contributed by atoms with Crippen LogP contribution in [0.3, 0.4) is 0 Å². The molecule has 0 aromatic heterocycles. The zero-order valence-corrected chi connectivity index (χ0v) is 14.2. The Hall–Kier alpha value is -0.500. The van der Waals surface area contributed by atoms with Crippen molar-refractivity contribution in [2.45, 2.75) is 59.4 Å². The summed E-state index contributed by atoms with van der Waals surface area (Å²) in [6, 6.07) is 5.10. The van der Waals surface area contributed by atoms with Crippen LogP contribution in [0.2, 0.25) is 0 Å². The molecule has 2 rings (SSSR count). The number of benzene rings is 1. The number of hydrogen-bond acceptors (Lipinski definition) is 1. The summed E-state index contributed by atoms with van der Waals surface area (Å²) in [5, 5.41) is 3.78. The van der Waals surface area contributed by atoms with E-state index in [-0.39, 0.29) is 0 Å². The van der Waals surface area contributed by atoms with E-state index >= 15 is 0 Å². The highest BCUT2D eigenvalue weighted by molar-refractivity contribution is 9.10. The van der Waals surface area contributed by atoms with Gasteiger partial charge in [-0.25, -0.2) is 0 Å². The molecule has 2 atom stereocenters. The van der Waals surface area contributed by atoms with Gasteiger partial charge in [0.2, 0.25) is 0 Å². The molecule has 1 aliphatic carbocycles. The van der Waals surface area contributed by atoms with Gasteiger partial charge in [-0.15, -0.1) is 0 Å². The summed E-state index contributed by atoms with van der Waals surface area (Å²) >= 11 is 3.71. The Morgan fingerprint density at radius 2 is 1.95 bits per heavy atom. The molecule has 0 radical (unpaired) electrons. The molecule has 106 valence electrons. The molecule has 0 amide bonds. The Bertz CT molecular complexity index is 416. The molecular weight excluding hydrogens is 298 g/mol. The van der Waals surface area contributed by atoms with Crippen molar-refractivity contribution in [2.24, 2.45) is 11.8 Å². The highest BCUT2D eigenvalue weighted by Gasteiger charge is 2.24. The molecule has 1 aromatic rings. The number of aryl methyl sites for hydroxylation is 2. The monoisotopic (exact) mass is 323 g/mol. The third kappa shape index (κ3) is 3.75. The summed E-state index contributed by atoms with van der Waals surface area (Å²) in [7, 11) is 0. The number of anilines is 1. The van der Waals surface area contributed by atoms with Crippen LogP contribution < -0.4 is 5.32 Å². The van der Waals surface area contributed by atoms with Crippen molar-refractivity contribution in [3.05, 3.63) is 27.7 Å². The maximum absolute atomic E-state index is 3.78. The van der Waals surface area contributed by atoms with Crippen molar-refractivity contribution >= 4 is 21.6 Å². The van der Waals surface area contributed by atoms with Gasteiger partial charge in [0.15, 0.2) is 0 Å². The van der Waals surface area contributed by atoms with Crippen molar-refractivity contribution in [1.82, 2.24) is 0 Å². The summed E-state index contributed by atoms with van der Waals surface area (Å²) < 4.78 is 1.21. The van der Waals surface area contributed by atoms with E-state index in [1.165, 1.54) is 47.0 Å². The van der Waals surface area contributed by atoms with Gasteiger partial charge in [0, 0.05) is 10.5 Å². The Morgan fingerprint density at radius 1 is 1.21 bits per heavy atom. The van der Waals surface area contributed by atoms with E-state index in [1.807, 2.05) is 0 Å². The highest BCUT2D eigenvalue weighted by atomic mass is 79.9. The van der Waals surface area contributed by atoms with E-state index < -0.39 is 0 Å². The van der Waals surface area contributed by atoms with E-state index in [9.17, 15) is 0 Å². The average Bonchev–Trinajstić information content (AvgIpc) is 2.34. The summed E-state index contributed by atoms with van der Waals surface area (Å²) in [4.78, 5) is 0. The average molecular weight is 324 g/mol. The Balaban J connectivity index is 2.09. The molecule has 0 heterocycles. The van der Waals surface area contributed by atoms with Crippen molar-refractivity contribution in [1.29, 1.82) is 0 Å². The van der Waals surface area contributed by atoms with Gasteiger partial charge in [0.05, 0.1) is 5.69 Å². The Kier molecular flexibility index (Phi) is 4.94.